The minimum Gasteiger partial charge on any atom is -0.350 e. The summed E-state index contributed by atoms with van der Waals surface area (Å²) >= 11 is 5.99. The average molecular weight is 408 g/mol. The van der Waals surface area contributed by atoms with Crippen molar-refractivity contribution in [3.05, 3.63) is 75.3 Å². The highest BCUT2D eigenvalue weighted by Crippen LogP contribution is 2.39. The van der Waals surface area contributed by atoms with Crippen LogP contribution < -0.4 is 10.9 Å². The molecule has 0 saturated heterocycles. The van der Waals surface area contributed by atoms with Gasteiger partial charge in [0, 0.05) is 23.7 Å². The van der Waals surface area contributed by atoms with Gasteiger partial charge in [-0.3, -0.25) is 14.2 Å². The fraction of sp³-hybridized carbons (Fsp3) is 0.238. The van der Waals surface area contributed by atoms with Crippen LogP contribution >= 0.6 is 11.6 Å². The number of amides is 1. The maximum Gasteiger partial charge on any atom is 0.277 e. The third kappa shape index (κ3) is 3.38. The van der Waals surface area contributed by atoms with Gasteiger partial charge in [-0.2, -0.15) is 5.10 Å². The Morgan fingerprint density at radius 1 is 1.17 bits per heavy atom. The first kappa shape index (κ1) is 17.9. The van der Waals surface area contributed by atoms with Gasteiger partial charge in [0.25, 0.3) is 5.56 Å². The lowest BCUT2D eigenvalue weighted by Crippen LogP contribution is -2.33. The summed E-state index contributed by atoms with van der Waals surface area (Å²) < 4.78 is 3.06. The lowest BCUT2D eigenvalue weighted by molar-refractivity contribution is -0.121. The summed E-state index contributed by atoms with van der Waals surface area (Å²) in [6.07, 6.45) is 3.85. The number of pyridine rings is 1. The lowest BCUT2D eigenvalue weighted by Gasteiger charge is -2.11. The number of rotatable bonds is 5. The summed E-state index contributed by atoms with van der Waals surface area (Å²) in [5.41, 5.74) is 3.15. The molecule has 1 N–H and O–H groups in total. The van der Waals surface area contributed by atoms with Crippen molar-refractivity contribution in [3.63, 3.8) is 0 Å². The van der Waals surface area contributed by atoms with Crippen LogP contribution in [0, 0.1) is 0 Å². The molecule has 0 unspecified atom stereocenters. The quantitative estimate of drug-likeness (QED) is 0.551. The molecule has 0 bridgehead atoms. The SMILES string of the molecule is O=C(Cn1c(=O)c2cc(C3CC3)nn2c2ncccc21)NCc1cccc(Cl)c1. The summed E-state index contributed by atoms with van der Waals surface area (Å²) in [5.74, 6) is 0.158. The van der Waals surface area contributed by atoms with Gasteiger partial charge in [-0.1, -0.05) is 23.7 Å². The van der Waals surface area contributed by atoms with Crippen molar-refractivity contribution in [2.45, 2.75) is 31.8 Å². The molecule has 8 heteroatoms. The summed E-state index contributed by atoms with van der Waals surface area (Å²) in [7, 11) is 0. The zero-order valence-electron chi connectivity index (χ0n) is 15.5. The van der Waals surface area contributed by atoms with Crippen molar-refractivity contribution < 1.29 is 4.79 Å². The molecule has 1 amide bonds. The zero-order valence-corrected chi connectivity index (χ0v) is 16.3. The second kappa shape index (κ2) is 7.00. The molecule has 1 aromatic carbocycles. The largest absolute Gasteiger partial charge is 0.350 e. The molecule has 4 aromatic rings. The molecule has 7 nitrogen and oxygen atoms in total. The Labute approximate surface area is 170 Å². The van der Waals surface area contributed by atoms with Gasteiger partial charge in [0.05, 0.1) is 11.2 Å². The number of fused-ring (bicyclic) bond motifs is 3. The third-order valence-corrected chi connectivity index (χ3v) is 5.36. The molecular weight excluding hydrogens is 390 g/mol. The van der Waals surface area contributed by atoms with Crippen LogP contribution in [0.15, 0.2) is 53.5 Å². The molecule has 0 aliphatic heterocycles. The standard InChI is InChI=1S/C21H18ClN5O2/c22-15-4-1-3-13(9-15)11-24-19(28)12-26-17-5-2-8-23-20(17)27-18(21(26)29)10-16(25-27)14-6-7-14/h1-5,8-10,14H,6-7,11-12H2,(H,24,28). The first-order valence-electron chi connectivity index (χ1n) is 9.48. The second-order valence-corrected chi connectivity index (χ2v) is 7.72. The molecule has 3 heterocycles. The fourth-order valence-electron chi connectivity index (χ4n) is 3.51. The van der Waals surface area contributed by atoms with E-state index in [1.807, 2.05) is 18.2 Å². The van der Waals surface area contributed by atoms with Crippen molar-refractivity contribution in [1.29, 1.82) is 0 Å². The normalized spacial score (nSPS) is 13.8. The van der Waals surface area contributed by atoms with Crippen molar-refractivity contribution in [3.8, 4) is 0 Å². The fourth-order valence-corrected chi connectivity index (χ4v) is 3.72. The third-order valence-electron chi connectivity index (χ3n) is 5.13. The van der Waals surface area contributed by atoms with Gasteiger partial charge in [0.2, 0.25) is 5.91 Å². The average Bonchev–Trinajstić information content (AvgIpc) is 3.48. The van der Waals surface area contributed by atoms with Crippen molar-refractivity contribution >= 4 is 34.2 Å². The Bertz CT molecular complexity index is 1310. The molecule has 0 atom stereocenters. The number of aromatic nitrogens is 4. The van der Waals surface area contributed by atoms with Crippen LogP contribution in [-0.2, 0) is 17.9 Å². The van der Waals surface area contributed by atoms with Gasteiger partial charge >= 0.3 is 0 Å². The number of nitrogens with one attached hydrogen (secondary N) is 1. The first-order chi connectivity index (χ1) is 14.1. The maximum atomic E-state index is 13.1. The highest BCUT2D eigenvalue weighted by Gasteiger charge is 2.27. The highest BCUT2D eigenvalue weighted by atomic mass is 35.5. The molecule has 0 radical (unpaired) electrons. The molecule has 146 valence electrons. The lowest BCUT2D eigenvalue weighted by atomic mass is 10.2. The number of carbonyl (C=O) groups excluding carboxylic acids is 1. The predicted octanol–water partition coefficient (Wildman–Crippen LogP) is 2.89. The van der Waals surface area contributed by atoms with E-state index in [0.717, 1.165) is 24.1 Å². The van der Waals surface area contributed by atoms with Gasteiger partial charge in [-0.25, -0.2) is 9.50 Å². The van der Waals surface area contributed by atoms with Gasteiger partial charge in [-0.05, 0) is 48.7 Å². The minimum atomic E-state index is -0.261. The molecule has 29 heavy (non-hydrogen) atoms. The van der Waals surface area contributed by atoms with Gasteiger partial charge < -0.3 is 5.32 Å². The number of benzene rings is 1. The Morgan fingerprint density at radius 3 is 2.83 bits per heavy atom. The van der Waals surface area contributed by atoms with Crippen LogP contribution in [0.5, 0.6) is 0 Å². The van der Waals surface area contributed by atoms with E-state index in [1.165, 1.54) is 4.57 Å². The van der Waals surface area contributed by atoms with Crippen LogP contribution in [0.25, 0.3) is 16.7 Å². The molecule has 1 aliphatic carbocycles. The Morgan fingerprint density at radius 2 is 2.03 bits per heavy atom. The van der Waals surface area contributed by atoms with Crippen LogP contribution in [0.3, 0.4) is 0 Å². The molecule has 5 rings (SSSR count). The first-order valence-corrected chi connectivity index (χ1v) is 9.86. The molecule has 1 fully saturated rings. The predicted molar refractivity (Wildman–Crippen MR) is 110 cm³/mol. The highest BCUT2D eigenvalue weighted by molar-refractivity contribution is 6.30. The molecular formula is C21H18ClN5O2. The van der Waals surface area contributed by atoms with E-state index in [0.29, 0.717) is 34.2 Å². The van der Waals surface area contributed by atoms with Gasteiger partial charge in [-0.15, -0.1) is 0 Å². The molecule has 3 aromatic heterocycles. The van der Waals surface area contributed by atoms with Crippen molar-refractivity contribution in [2.24, 2.45) is 0 Å². The second-order valence-electron chi connectivity index (χ2n) is 7.28. The van der Waals surface area contributed by atoms with Gasteiger partial charge in [0.15, 0.2) is 5.65 Å². The van der Waals surface area contributed by atoms with Gasteiger partial charge in [0.1, 0.15) is 12.1 Å². The number of nitrogens with zero attached hydrogens (tertiary/aromatic N) is 4. The summed E-state index contributed by atoms with van der Waals surface area (Å²) in [4.78, 5) is 30.1. The molecule has 0 spiro atoms. The summed E-state index contributed by atoms with van der Waals surface area (Å²) in [5, 5.41) is 8.06. The van der Waals surface area contributed by atoms with Crippen molar-refractivity contribution in [1.82, 2.24) is 24.5 Å². The Kier molecular flexibility index (Phi) is 4.32. The number of hydrogen-bond acceptors (Lipinski definition) is 4. The maximum absolute atomic E-state index is 13.1. The van der Waals surface area contributed by atoms with Crippen molar-refractivity contribution in [2.75, 3.05) is 0 Å². The number of halogens is 1. The topological polar surface area (TPSA) is 81.3 Å². The minimum absolute atomic E-state index is 0.0952. The van der Waals surface area contributed by atoms with Crippen LogP contribution in [0.2, 0.25) is 5.02 Å². The van der Waals surface area contributed by atoms with Crippen LogP contribution in [0.1, 0.15) is 30.0 Å². The van der Waals surface area contributed by atoms with E-state index >= 15 is 0 Å². The number of carbonyl (C=O) groups is 1. The van der Waals surface area contributed by atoms with E-state index in [-0.39, 0.29) is 18.0 Å². The van der Waals surface area contributed by atoms with Crippen LogP contribution in [-0.4, -0.2) is 25.1 Å². The molecule has 1 saturated carbocycles. The summed E-state index contributed by atoms with van der Waals surface area (Å²) in [6.45, 7) is 0.243. The van der Waals surface area contributed by atoms with E-state index in [1.54, 1.807) is 35.0 Å². The van der Waals surface area contributed by atoms with E-state index in [4.69, 9.17) is 11.6 Å². The van der Waals surface area contributed by atoms with E-state index < -0.39 is 0 Å². The van der Waals surface area contributed by atoms with E-state index in [9.17, 15) is 9.59 Å². The smallest absolute Gasteiger partial charge is 0.277 e. The summed E-state index contributed by atoms with van der Waals surface area (Å²) in [6, 6.07) is 12.7. The zero-order chi connectivity index (χ0) is 20.0. The van der Waals surface area contributed by atoms with E-state index in [2.05, 4.69) is 15.4 Å². The van der Waals surface area contributed by atoms with Crippen LogP contribution in [0.4, 0.5) is 0 Å². The molecule has 1 aliphatic rings. The number of hydrogen-bond donors (Lipinski definition) is 1. The Balaban J connectivity index is 1.49. The Hall–Kier alpha value is -3.19. The monoisotopic (exact) mass is 407 g/mol.